The molecule has 2 heterocycles. The first-order valence-electron chi connectivity index (χ1n) is 9.40. The average Bonchev–Trinajstić information content (AvgIpc) is 2.72. The van der Waals surface area contributed by atoms with E-state index in [1.807, 2.05) is 30.3 Å². The topological polar surface area (TPSA) is 95.4 Å². The van der Waals surface area contributed by atoms with Crippen molar-refractivity contribution >= 4 is 16.7 Å². The Morgan fingerprint density at radius 1 is 1.07 bits per heavy atom. The van der Waals surface area contributed by atoms with Gasteiger partial charge in [0.1, 0.15) is 0 Å². The number of rotatable bonds is 5. The van der Waals surface area contributed by atoms with Crippen molar-refractivity contribution in [2.75, 3.05) is 13.2 Å². The van der Waals surface area contributed by atoms with Crippen LogP contribution in [0.5, 0.6) is 0 Å². The van der Waals surface area contributed by atoms with Crippen LogP contribution >= 0.6 is 0 Å². The number of amides is 1. The lowest BCUT2D eigenvalue weighted by molar-refractivity contribution is 0.0612. The normalized spacial score (nSPS) is 16.1. The maximum absolute atomic E-state index is 13.1. The van der Waals surface area contributed by atoms with Gasteiger partial charge in [-0.05, 0) is 29.3 Å². The zero-order valence-corrected chi connectivity index (χ0v) is 16.0. The molecular weight excluding hydrogens is 370 g/mol. The molecule has 1 aliphatic heterocycles. The maximum atomic E-state index is 13.1. The number of carbonyl (C=O) groups excluding carboxylic acids is 1. The summed E-state index contributed by atoms with van der Waals surface area (Å²) in [7, 11) is 0. The summed E-state index contributed by atoms with van der Waals surface area (Å²) >= 11 is 0. The molecule has 0 bridgehead atoms. The third kappa shape index (κ3) is 3.30. The lowest BCUT2D eigenvalue weighted by Gasteiger charge is -2.35. The highest BCUT2D eigenvalue weighted by molar-refractivity contribution is 6.10. The Balaban J connectivity index is 1.59. The predicted molar refractivity (Wildman–Crippen MR) is 110 cm³/mol. The van der Waals surface area contributed by atoms with E-state index in [-0.39, 0.29) is 19.1 Å². The van der Waals surface area contributed by atoms with Crippen molar-refractivity contribution in [3.8, 4) is 0 Å². The SMILES string of the molecule is Cc1cn(C/C=C\CN2C(=O)c3cccc4cccc(c34)C2CO)c(=O)[nH]c1=O. The van der Waals surface area contributed by atoms with E-state index in [1.54, 1.807) is 30.0 Å². The number of aliphatic hydroxyl groups is 1. The first-order valence-corrected chi connectivity index (χ1v) is 9.40. The minimum atomic E-state index is -0.479. The fourth-order valence-corrected chi connectivity index (χ4v) is 3.83. The van der Waals surface area contributed by atoms with Crippen LogP contribution in [0.1, 0.15) is 27.5 Å². The van der Waals surface area contributed by atoms with Crippen LogP contribution in [0.2, 0.25) is 0 Å². The Labute approximate surface area is 166 Å². The number of aromatic amines is 1. The van der Waals surface area contributed by atoms with E-state index in [9.17, 15) is 19.5 Å². The second kappa shape index (κ2) is 7.52. The molecule has 0 fully saturated rings. The number of benzene rings is 2. The van der Waals surface area contributed by atoms with Gasteiger partial charge in [-0.3, -0.25) is 19.1 Å². The molecule has 7 heteroatoms. The maximum Gasteiger partial charge on any atom is 0.328 e. The van der Waals surface area contributed by atoms with Gasteiger partial charge >= 0.3 is 5.69 Å². The molecule has 0 aliphatic carbocycles. The van der Waals surface area contributed by atoms with E-state index in [0.29, 0.717) is 17.7 Å². The van der Waals surface area contributed by atoms with E-state index < -0.39 is 17.3 Å². The van der Waals surface area contributed by atoms with Crippen LogP contribution < -0.4 is 11.2 Å². The van der Waals surface area contributed by atoms with Gasteiger partial charge < -0.3 is 10.0 Å². The number of H-pyrrole nitrogens is 1. The van der Waals surface area contributed by atoms with Crippen LogP contribution in [0, 0.1) is 6.92 Å². The molecule has 1 aromatic heterocycles. The number of aromatic nitrogens is 2. The van der Waals surface area contributed by atoms with Gasteiger partial charge in [0.2, 0.25) is 0 Å². The summed E-state index contributed by atoms with van der Waals surface area (Å²) in [5.74, 6) is -0.130. The predicted octanol–water partition coefficient (Wildman–Crippen LogP) is 1.74. The number of aliphatic hydroxyl groups excluding tert-OH is 1. The van der Waals surface area contributed by atoms with Crippen molar-refractivity contribution in [2.45, 2.75) is 19.5 Å². The van der Waals surface area contributed by atoms with Gasteiger partial charge in [-0.25, -0.2) is 4.79 Å². The molecule has 148 valence electrons. The van der Waals surface area contributed by atoms with Crippen molar-refractivity contribution in [1.82, 2.24) is 14.5 Å². The molecule has 0 saturated heterocycles. The average molecular weight is 391 g/mol. The van der Waals surface area contributed by atoms with Crippen molar-refractivity contribution in [3.63, 3.8) is 0 Å². The number of hydrogen-bond acceptors (Lipinski definition) is 4. The molecule has 7 nitrogen and oxygen atoms in total. The van der Waals surface area contributed by atoms with Crippen LogP contribution in [0.25, 0.3) is 10.8 Å². The van der Waals surface area contributed by atoms with Crippen LogP contribution in [0.4, 0.5) is 0 Å². The van der Waals surface area contributed by atoms with Crippen molar-refractivity contribution in [3.05, 3.63) is 92.3 Å². The van der Waals surface area contributed by atoms with E-state index in [2.05, 4.69) is 4.98 Å². The number of aryl methyl sites for hydroxylation is 1. The lowest BCUT2D eigenvalue weighted by Crippen LogP contribution is -2.40. The first-order chi connectivity index (χ1) is 14.0. The van der Waals surface area contributed by atoms with E-state index in [1.165, 1.54) is 10.8 Å². The van der Waals surface area contributed by atoms with Gasteiger partial charge in [-0.15, -0.1) is 0 Å². The zero-order chi connectivity index (χ0) is 20.5. The fraction of sp³-hybridized carbons (Fsp3) is 0.227. The summed E-state index contributed by atoms with van der Waals surface area (Å²) < 4.78 is 1.39. The largest absolute Gasteiger partial charge is 0.394 e. The monoisotopic (exact) mass is 391 g/mol. The summed E-state index contributed by atoms with van der Waals surface area (Å²) in [5, 5.41) is 11.9. The van der Waals surface area contributed by atoms with Crippen molar-refractivity contribution < 1.29 is 9.90 Å². The van der Waals surface area contributed by atoms with E-state index in [0.717, 1.165) is 16.3 Å². The molecule has 1 aliphatic rings. The molecule has 2 N–H and O–H groups in total. The Hall–Kier alpha value is -3.45. The number of carbonyl (C=O) groups is 1. The molecule has 0 spiro atoms. The van der Waals surface area contributed by atoms with Crippen LogP contribution in [-0.2, 0) is 6.54 Å². The number of nitrogens with zero attached hydrogens (tertiary/aromatic N) is 2. The van der Waals surface area contributed by atoms with E-state index >= 15 is 0 Å². The number of hydrogen-bond donors (Lipinski definition) is 2. The second-order valence-corrected chi connectivity index (χ2v) is 7.10. The third-order valence-corrected chi connectivity index (χ3v) is 5.30. The highest BCUT2D eigenvalue weighted by Gasteiger charge is 2.32. The fourth-order valence-electron chi connectivity index (χ4n) is 3.83. The van der Waals surface area contributed by atoms with Gasteiger partial charge in [0.05, 0.1) is 12.6 Å². The quantitative estimate of drug-likeness (QED) is 0.648. The van der Waals surface area contributed by atoms with Crippen molar-refractivity contribution in [2.24, 2.45) is 0 Å². The molecule has 2 aromatic carbocycles. The molecule has 4 rings (SSSR count). The van der Waals surface area contributed by atoms with Gasteiger partial charge in [0.25, 0.3) is 11.5 Å². The van der Waals surface area contributed by atoms with Gasteiger partial charge in [0.15, 0.2) is 0 Å². The van der Waals surface area contributed by atoms with Crippen LogP contribution in [0.15, 0.2) is 64.3 Å². The Morgan fingerprint density at radius 2 is 1.79 bits per heavy atom. The third-order valence-electron chi connectivity index (χ3n) is 5.30. The molecule has 1 unspecified atom stereocenters. The summed E-state index contributed by atoms with van der Waals surface area (Å²) in [5.41, 5.74) is 1.14. The second-order valence-electron chi connectivity index (χ2n) is 7.10. The Kier molecular flexibility index (Phi) is 4.90. The van der Waals surface area contributed by atoms with Gasteiger partial charge in [-0.1, -0.05) is 42.5 Å². The standard InChI is InChI=1S/C22H21N3O4/c1-14-12-24(22(29)23-20(14)27)10-2-3-11-25-18(13-26)16-8-4-6-15-7-5-9-17(19(15)16)21(25)28/h2-9,12,18,26H,10-11,13H2,1H3,(H,23,27,29)/b3-2-. The van der Waals surface area contributed by atoms with Crippen molar-refractivity contribution in [1.29, 1.82) is 0 Å². The molecular formula is C22H21N3O4. The summed E-state index contributed by atoms with van der Waals surface area (Å²) in [6.07, 6.45) is 5.06. The summed E-state index contributed by atoms with van der Waals surface area (Å²) in [6, 6.07) is 11.0. The Bertz CT molecular complexity index is 1230. The highest BCUT2D eigenvalue weighted by atomic mass is 16.3. The molecule has 1 amide bonds. The number of nitrogens with one attached hydrogen (secondary N) is 1. The van der Waals surface area contributed by atoms with Gasteiger partial charge in [-0.2, -0.15) is 0 Å². The smallest absolute Gasteiger partial charge is 0.328 e. The van der Waals surface area contributed by atoms with E-state index in [4.69, 9.17) is 0 Å². The lowest BCUT2D eigenvalue weighted by atomic mass is 9.89. The van der Waals surface area contributed by atoms with Gasteiger partial charge in [0, 0.05) is 30.4 Å². The summed E-state index contributed by atoms with van der Waals surface area (Å²) in [4.78, 5) is 40.3. The first kappa shape index (κ1) is 18.9. The molecule has 0 radical (unpaired) electrons. The molecule has 1 atom stereocenters. The molecule has 3 aromatic rings. The Morgan fingerprint density at radius 3 is 2.55 bits per heavy atom. The minimum absolute atomic E-state index is 0.130. The zero-order valence-electron chi connectivity index (χ0n) is 16.0. The van der Waals surface area contributed by atoms with Crippen LogP contribution in [-0.4, -0.2) is 38.6 Å². The molecule has 29 heavy (non-hydrogen) atoms. The number of allylic oxidation sites excluding steroid dienone is 1. The minimum Gasteiger partial charge on any atom is -0.394 e. The highest BCUT2D eigenvalue weighted by Crippen LogP contribution is 2.36. The molecule has 0 saturated carbocycles. The summed E-state index contributed by atoms with van der Waals surface area (Å²) in [6.45, 7) is 2.03. The van der Waals surface area contributed by atoms with Crippen LogP contribution in [0.3, 0.4) is 0 Å².